The van der Waals surface area contributed by atoms with Crippen molar-refractivity contribution in [2.24, 2.45) is 0 Å². The Morgan fingerprint density at radius 2 is 0.957 bits per heavy atom. The Bertz CT molecular complexity index is 737. The number of ether oxygens (including phenoxy) is 2. The summed E-state index contributed by atoms with van der Waals surface area (Å²) in [6.45, 7) is 0. The minimum absolute atomic E-state index is 0.548. The molecule has 116 valence electrons. The fourth-order valence-corrected chi connectivity index (χ4v) is 2.68. The van der Waals surface area contributed by atoms with Gasteiger partial charge in [0.2, 0.25) is 0 Å². The molecule has 0 spiro atoms. The van der Waals surface area contributed by atoms with E-state index in [0.717, 1.165) is 20.4 Å². The molecule has 0 bridgehead atoms. The maximum Gasteiger partial charge on any atom is 0.132 e. The Labute approximate surface area is 156 Å². The minimum Gasteiger partial charge on any atom is -0.457 e. The third kappa shape index (κ3) is 4.74. The van der Waals surface area contributed by atoms with Gasteiger partial charge in [-0.3, -0.25) is 0 Å². The van der Waals surface area contributed by atoms with Crippen molar-refractivity contribution >= 4 is 43.5 Å². The lowest BCUT2D eigenvalue weighted by atomic mass is 10.3. The van der Waals surface area contributed by atoms with Gasteiger partial charge in [-0.05, 0) is 60.7 Å². The van der Waals surface area contributed by atoms with Crippen LogP contribution in [0.5, 0.6) is 23.0 Å². The van der Waals surface area contributed by atoms with E-state index in [9.17, 15) is 0 Å². The number of hydrogen-bond donors (Lipinski definition) is 0. The van der Waals surface area contributed by atoms with Crippen molar-refractivity contribution in [1.82, 2.24) is 0 Å². The first-order chi connectivity index (χ1) is 11.1. The molecule has 0 heterocycles. The van der Waals surface area contributed by atoms with Crippen molar-refractivity contribution in [2.75, 3.05) is 0 Å². The summed E-state index contributed by atoms with van der Waals surface area (Å²) in [5.41, 5.74) is 0. The highest BCUT2D eigenvalue weighted by Crippen LogP contribution is 2.32. The molecule has 0 radical (unpaired) electrons. The van der Waals surface area contributed by atoms with Crippen molar-refractivity contribution in [2.45, 2.75) is 0 Å². The summed E-state index contributed by atoms with van der Waals surface area (Å²) in [6.07, 6.45) is 0. The predicted molar refractivity (Wildman–Crippen MR) is 99.9 cm³/mol. The highest BCUT2D eigenvalue weighted by atomic mass is 79.9. The standard InChI is InChI=1S/C18H11Br2ClO2/c19-12-1-5-15(6-2-12)22-17-9-14(21)10-18(11-17)23-16-7-3-13(20)4-8-16/h1-11H. The molecule has 0 aliphatic carbocycles. The first-order valence-corrected chi connectivity index (χ1v) is 8.72. The van der Waals surface area contributed by atoms with E-state index in [1.54, 1.807) is 18.2 Å². The second-order valence-corrected chi connectivity index (χ2v) is 7.00. The summed E-state index contributed by atoms with van der Waals surface area (Å²) in [5, 5.41) is 0.548. The van der Waals surface area contributed by atoms with Gasteiger partial charge >= 0.3 is 0 Å². The second kappa shape index (κ2) is 7.39. The third-order valence-electron chi connectivity index (χ3n) is 2.94. The summed E-state index contributed by atoms with van der Waals surface area (Å²) in [6, 6.07) is 20.5. The minimum atomic E-state index is 0.548. The number of hydrogen-bond acceptors (Lipinski definition) is 2. The van der Waals surface area contributed by atoms with Crippen LogP contribution in [0.25, 0.3) is 0 Å². The molecule has 5 heteroatoms. The zero-order valence-electron chi connectivity index (χ0n) is 11.8. The number of benzene rings is 3. The van der Waals surface area contributed by atoms with Crippen LogP contribution in [0.2, 0.25) is 5.02 Å². The smallest absolute Gasteiger partial charge is 0.132 e. The van der Waals surface area contributed by atoms with Gasteiger partial charge in [0.15, 0.2) is 0 Å². The molecule has 0 aliphatic rings. The van der Waals surface area contributed by atoms with Crippen molar-refractivity contribution in [1.29, 1.82) is 0 Å². The molecule has 3 aromatic carbocycles. The van der Waals surface area contributed by atoms with Crippen LogP contribution >= 0.6 is 43.5 Å². The van der Waals surface area contributed by atoms with Crippen LogP contribution in [0, 0.1) is 0 Å². The molecular weight excluding hydrogens is 443 g/mol. The molecule has 3 aromatic rings. The molecule has 2 nitrogen and oxygen atoms in total. The van der Waals surface area contributed by atoms with E-state index in [1.807, 2.05) is 48.5 Å². The van der Waals surface area contributed by atoms with Crippen molar-refractivity contribution in [3.8, 4) is 23.0 Å². The van der Waals surface area contributed by atoms with Gasteiger partial charge in [-0.1, -0.05) is 43.5 Å². The van der Waals surface area contributed by atoms with Gasteiger partial charge in [0.1, 0.15) is 23.0 Å². The average Bonchev–Trinajstić information content (AvgIpc) is 2.51. The normalized spacial score (nSPS) is 10.4. The topological polar surface area (TPSA) is 18.5 Å². The lowest BCUT2D eigenvalue weighted by molar-refractivity contribution is 0.460. The Morgan fingerprint density at radius 3 is 1.35 bits per heavy atom. The molecule has 0 amide bonds. The van der Waals surface area contributed by atoms with E-state index in [4.69, 9.17) is 21.1 Å². The van der Waals surface area contributed by atoms with E-state index in [1.165, 1.54) is 0 Å². The van der Waals surface area contributed by atoms with E-state index in [2.05, 4.69) is 31.9 Å². The van der Waals surface area contributed by atoms with Crippen LogP contribution in [-0.4, -0.2) is 0 Å². The number of rotatable bonds is 4. The molecule has 3 rings (SSSR count). The van der Waals surface area contributed by atoms with Gasteiger partial charge in [-0.2, -0.15) is 0 Å². The van der Waals surface area contributed by atoms with Crippen molar-refractivity contribution < 1.29 is 9.47 Å². The van der Waals surface area contributed by atoms with Crippen LogP contribution in [-0.2, 0) is 0 Å². The fraction of sp³-hybridized carbons (Fsp3) is 0. The highest BCUT2D eigenvalue weighted by molar-refractivity contribution is 9.10. The maximum absolute atomic E-state index is 6.16. The van der Waals surface area contributed by atoms with Crippen LogP contribution in [0.4, 0.5) is 0 Å². The predicted octanol–water partition coefficient (Wildman–Crippen LogP) is 7.45. The van der Waals surface area contributed by atoms with Gasteiger partial charge in [-0.15, -0.1) is 0 Å². The van der Waals surface area contributed by atoms with Crippen LogP contribution in [0.3, 0.4) is 0 Å². The summed E-state index contributed by atoms with van der Waals surface area (Å²) < 4.78 is 13.6. The van der Waals surface area contributed by atoms with E-state index < -0.39 is 0 Å². The maximum atomic E-state index is 6.16. The third-order valence-corrected chi connectivity index (χ3v) is 4.22. The Balaban J connectivity index is 1.81. The van der Waals surface area contributed by atoms with Crippen LogP contribution in [0.15, 0.2) is 75.7 Å². The lowest BCUT2D eigenvalue weighted by Gasteiger charge is -2.10. The summed E-state index contributed by atoms with van der Waals surface area (Å²) in [7, 11) is 0. The van der Waals surface area contributed by atoms with E-state index in [0.29, 0.717) is 16.5 Å². The van der Waals surface area contributed by atoms with Gasteiger partial charge in [0.25, 0.3) is 0 Å². The molecular formula is C18H11Br2ClO2. The molecule has 0 fully saturated rings. The van der Waals surface area contributed by atoms with Crippen molar-refractivity contribution in [3.63, 3.8) is 0 Å². The Hall–Kier alpha value is -1.49. The fourth-order valence-electron chi connectivity index (χ4n) is 1.93. The molecule has 0 aromatic heterocycles. The summed E-state index contributed by atoms with van der Waals surface area (Å²) >= 11 is 13.0. The monoisotopic (exact) mass is 452 g/mol. The highest BCUT2D eigenvalue weighted by Gasteiger charge is 2.05. The molecule has 0 saturated heterocycles. The van der Waals surface area contributed by atoms with E-state index in [-0.39, 0.29) is 0 Å². The molecule has 0 saturated carbocycles. The first kappa shape index (κ1) is 16.4. The van der Waals surface area contributed by atoms with Crippen LogP contribution in [0.1, 0.15) is 0 Å². The molecule has 0 atom stereocenters. The first-order valence-electron chi connectivity index (χ1n) is 6.76. The second-order valence-electron chi connectivity index (χ2n) is 4.73. The SMILES string of the molecule is Clc1cc(Oc2ccc(Br)cc2)cc(Oc2ccc(Br)cc2)c1. The van der Waals surface area contributed by atoms with Crippen molar-refractivity contribution in [3.05, 3.63) is 80.7 Å². The molecule has 23 heavy (non-hydrogen) atoms. The average molecular weight is 455 g/mol. The van der Waals surface area contributed by atoms with Gasteiger partial charge in [-0.25, -0.2) is 0 Å². The van der Waals surface area contributed by atoms with Crippen LogP contribution < -0.4 is 9.47 Å². The Morgan fingerprint density at radius 1 is 0.565 bits per heavy atom. The molecule has 0 N–H and O–H groups in total. The Kier molecular flexibility index (Phi) is 5.26. The van der Waals surface area contributed by atoms with Gasteiger partial charge in [0.05, 0.1) is 0 Å². The zero-order valence-corrected chi connectivity index (χ0v) is 15.7. The molecule has 0 unspecified atom stereocenters. The largest absolute Gasteiger partial charge is 0.457 e. The quantitative estimate of drug-likeness (QED) is 0.408. The lowest BCUT2D eigenvalue weighted by Crippen LogP contribution is -1.88. The van der Waals surface area contributed by atoms with Gasteiger partial charge in [0, 0.05) is 20.0 Å². The van der Waals surface area contributed by atoms with E-state index >= 15 is 0 Å². The number of halogens is 3. The zero-order chi connectivity index (χ0) is 16.2. The van der Waals surface area contributed by atoms with Gasteiger partial charge < -0.3 is 9.47 Å². The summed E-state index contributed by atoms with van der Waals surface area (Å²) in [4.78, 5) is 0. The molecule has 0 aliphatic heterocycles. The summed E-state index contributed by atoms with van der Waals surface area (Å²) in [5.74, 6) is 2.69.